The van der Waals surface area contributed by atoms with Gasteiger partial charge in [-0.05, 0) is 44.2 Å². The van der Waals surface area contributed by atoms with Crippen molar-refractivity contribution >= 4 is 22.7 Å². The normalized spacial score (nSPS) is 17.7. The number of amides is 2. The lowest BCUT2D eigenvalue weighted by Crippen LogP contribution is -2.47. The molecule has 1 aromatic carbocycles. The molecule has 7 nitrogen and oxygen atoms in total. The van der Waals surface area contributed by atoms with Gasteiger partial charge >= 0.3 is 0 Å². The molecule has 28 heavy (non-hydrogen) atoms. The molecule has 1 aliphatic heterocycles. The lowest BCUT2D eigenvalue weighted by molar-refractivity contribution is -0.133. The average molecular weight is 382 g/mol. The van der Waals surface area contributed by atoms with E-state index in [1.54, 1.807) is 6.07 Å². The number of carbonyl (C=O) groups excluding carboxylic acids is 2. The number of nitrogens with one attached hydrogen (secondary N) is 1. The Morgan fingerprint density at radius 2 is 1.93 bits per heavy atom. The van der Waals surface area contributed by atoms with Gasteiger partial charge in [-0.25, -0.2) is 4.98 Å². The predicted octanol–water partition coefficient (Wildman–Crippen LogP) is 1.61. The van der Waals surface area contributed by atoms with Gasteiger partial charge < -0.3 is 10.2 Å². The van der Waals surface area contributed by atoms with Gasteiger partial charge in [-0.1, -0.05) is 12.1 Å². The van der Waals surface area contributed by atoms with Gasteiger partial charge in [0.15, 0.2) is 0 Å². The fraction of sp³-hybridized carbons (Fsp3) is 0.524. The van der Waals surface area contributed by atoms with Crippen LogP contribution in [0.3, 0.4) is 0 Å². The van der Waals surface area contributed by atoms with Gasteiger partial charge in [-0.15, -0.1) is 0 Å². The van der Waals surface area contributed by atoms with Gasteiger partial charge in [0, 0.05) is 38.0 Å². The number of rotatable bonds is 5. The third-order valence-electron chi connectivity index (χ3n) is 5.73. The average Bonchev–Trinajstić information content (AvgIpc) is 3.53. The van der Waals surface area contributed by atoms with Crippen molar-refractivity contribution in [3.05, 3.63) is 40.4 Å². The summed E-state index contributed by atoms with van der Waals surface area (Å²) < 4.78 is 1.50. The molecule has 0 bridgehead atoms. The highest BCUT2D eigenvalue weighted by Gasteiger charge is 2.35. The zero-order chi connectivity index (χ0) is 19.7. The smallest absolute Gasteiger partial charge is 0.261 e. The van der Waals surface area contributed by atoms with Gasteiger partial charge in [0.05, 0.1) is 17.2 Å². The highest BCUT2D eigenvalue weighted by Crippen LogP contribution is 2.31. The lowest BCUT2D eigenvalue weighted by Gasteiger charge is -2.32. The minimum absolute atomic E-state index is 0.0665. The van der Waals surface area contributed by atoms with Crippen molar-refractivity contribution in [2.45, 2.75) is 51.6 Å². The van der Waals surface area contributed by atoms with Crippen molar-refractivity contribution in [2.75, 3.05) is 13.1 Å². The highest BCUT2D eigenvalue weighted by molar-refractivity contribution is 5.81. The molecule has 4 rings (SSSR count). The van der Waals surface area contributed by atoms with Crippen LogP contribution in [0.25, 0.3) is 10.9 Å². The van der Waals surface area contributed by atoms with Crippen molar-refractivity contribution in [1.82, 2.24) is 19.8 Å². The van der Waals surface area contributed by atoms with Crippen LogP contribution >= 0.6 is 0 Å². The van der Waals surface area contributed by atoms with Crippen LogP contribution in [0.4, 0.5) is 0 Å². The molecule has 1 saturated carbocycles. The Morgan fingerprint density at radius 1 is 1.18 bits per heavy atom. The number of nitrogens with zero attached hydrogens (tertiary/aromatic N) is 3. The zero-order valence-corrected chi connectivity index (χ0v) is 16.2. The molecule has 1 N–H and O–H groups in total. The van der Waals surface area contributed by atoms with Crippen molar-refractivity contribution in [3.63, 3.8) is 0 Å². The van der Waals surface area contributed by atoms with Crippen LogP contribution in [-0.2, 0) is 16.1 Å². The van der Waals surface area contributed by atoms with E-state index in [0.717, 1.165) is 31.2 Å². The van der Waals surface area contributed by atoms with Crippen LogP contribution in [0.15, 0.2) is 29.3 Å². The number of carbonyl (C=O) groups is 2. The summed E-state index contributed by atoms with van der Waals surface area (Å²) in [6.07, 6.45) is 5.39. The first-order chi connectivity index (χ1) is 13.5. The third kappa shape index (κ3) is 3.93. The Bertz CT molecular complexity index is 956. The first-order valence-corrected chi connectivity index (χ1v) is 10.1. The van der Waals surface area contributed by atoms with Gasteiger partial charge in [-0.2, -0.15) is 0 Å². The molecule has 2 fully saturated rings. The maximum Gasteiger partial charge on any atom is 0.261 e. The summed E-state index contributed by atoms with van der Waals surface area (Å²) in [5.74, 6) is 0.468. The molecule has 2 heterocycles. The molecule has 7 heteroatoms. The SMILES string of the molecule is Cc1cccc2c(=O)n(CCC(=O)NC3CCN(C(=O)C4CC4)CC3)cnc12. The predicted molar refractivity (Wildman–Crippen MR) is 106 cm³/mol. The van der Waals surface area contributed by atoms with Crippen molar-refractivity contribution < 1.29 is 9.59 Å². The lowest BCUT2D eigenvalue weighted by atomic mass is 10.0. The van der Waals surface area contributed by atoms with E-state index in [4.69, 9.17) is 0 Å². The van der Waals surface area contributed by atoms with E-state index in [1.807, 2.05) is 24.0 Å². The maximum atomic E-state index is 12.6. The largest absolute Gasteiger partial charge is 0.353 e. The number of piperidine rings is 1. The van der Waals surface area contributed by atoms with Crippen LogP contribution < -0.4 is 10.9 Å². The van der Waals surface area contributed by atoms with Crippen LogP contribution in [0.1, 0.15) is 37.7 Å². The number of para-hydroxylation sites is 1. The summed E-state index contributed by atoms with van der Waals surface area (Å²) in [7, 11) is 0. The summed E-state index contributed by atoms with van der Waals surface area (Å²) in [6.45, 7) is 3.66. The molecule has 2 aliphatic rings. The van der Waals surface area contributed by atoms with Crippen molar-refractivity contribution in [2.24, 2.45) is 5.92 Å². The molecule has 1 aromatic heterocycles. The van der Waals surface area contributed by atoms with Gasteiger partial charge in [0.2, 0.25) is 11.8 Å². The van der Waals surface area contributed by atoms with Crippen molar-refractivity contribution in [1.29, 1.82) is 0 Å². The second-order valence-corrected chi connectivity index (χ2v) is 7.91. The topological polar surface area (TPSA) is 84.3 Å². The minimum atomic E-state index is -0.117. The summed E-state index contributed by atoms with van der Waals surface area (Å²) in [5, 5.41) is 3.63. The Morgan fingerprint density at radius 3 is 2.64 bits per heavy atom. The molecule has 148 valence electrons. The maximum absolute atomic E-state index is 12.6. The van der Waals surface area contributed by atoms with E-state index in [2.05, 4.69) is 10.3 Å². The van der Waals surface area contributed by atoms with E-state index < -0.39 is 0 Å². The second-order valence-electron chi connectivity index (χ2n) is 7.91. The van der Waals surface area contributed by atoms with E-state index in [1.165, 1.54) is 10.9 Å². The molecule has 0 atom stereocenters. The molecule has 0 radical (unpaired) electrons. The summed E-state index contributed by atoms with van der Waals surface area (Å²) in [5.41, 5.74) is 1.56. The van der Waals surface area contributed by atoms with Crippen LogP contribution in [0.5, 0.6) is 0 Å². The second kappa shape index (κ2) is 7.73. The Hall–Kier alpha value is -2.70. The molecule has 0 spiro atoms. The van der Waals surface area contributed by atoms with Gasteiger partial charge in [-0.3, -0.25) is 19.0 Å². The van der Waals surface area contributed by atoms with Crippen LogP contribution in [0.2, 0.25) is 0 Å². The van der Waals surface area contributed by atoms with Crippen molar-refractivity contribution in [3.8, 4) is 0 Å². The molecule has 0 unspecified atom stereocenters. The van der Waals surface area contributed by atoms with Crippen LogP contribution in [-0.4, -0.2) is 45.4 Å². The first kappa shape index (κ1) is 18.7. The van der Waals surface area contributed by atoms with E-state index >= 15 is 0 Å². The number of fused-ring (bicyclic) bond motifs is 1. The monoisotopic (exact) mass is 382 g/mol. The van der Waals surface area contributed by atoms with Crippen LogP contribution in [0, 0.1) is 12.8 Å². The third-order valence-corrected chi connectivity index (χ3v) is 5.73. The summed E-state index contributed by atoms with van der Waals surface area (Å²) >= 11 is 0. The summed E-state index contributed by atoms with van der Waals surface area (Å²) in [4.78, 5) is 43.3. The zero-order valence-electron chi connectivity index (χ0n) is 16.2. The number of aryl methyl sites for hydroxylation is 2. The summed E-state index contributed by atoms with van der Waals surface area (Å²) in [6, 6.07) is 5.64. The molecule has 1 aliphatic carbocycles. The quantitative estimate of drug-likeness (QED) is 0.852. The van der Waals surface area contributed by atoms with E-state index in [0.29, 0.717) is 30.5 Å². The number of hydrogen-bond acceptors (Lipinski definition) is 4. The molecule has 2 aromatic rings. The van der Waals surface area contributed by atoms with E-state index in [9.17, 15) is 14.4 Å². The Kier molecular flexibility index (Phi) is 5.15. The van der Waals surface area contributed by atoms with Gasteiger partial charge in [0.1, 0.15) is 0 Å². The van der Waals surface area contributed by atoms with Gasteiger partial charge in [0.25, 0.3) is 5.56 Å². The Labute approximate surface area is 163 Å². The number of aromatic nitrogens is 2. The first-order valence-electron chi connectivity index (χ1n) is 10.1. The molecule has 1 saturated heterocycles. The fourth-order valence-electron chi connectivity index (χ4n) is 3.85. The number of likely N-dealkylation sites (tertiary alicyclic amines) is 1. The standard InChI is InChI=1S/C21H26N4O3/c1-14-3-2-4-17-19(14)22-13-25(21(17)28)12-9-18(26)23-16-7-10-24(11-8-16)20(27)15-5-6-15/h2-4,13,15-16H,5-12H2,1H3,(H,23,26). The highest BCUT2D eigenvalue weighted by atomic mass is 16.2. The fourth-order valence-corrected chi connectivity index (χ4v) is 3.85. The van der Waals surface area contributed by atoms with E-state index in [-0.39, 0.29) is 35.8 Å². The number of hydrogen-bond donors (Lipinski definition) is 1. The minimum Gasteiger partial charge on any atom is -0.353 e. The Balaban J connectivity index is 1.29. The molecule has 2 amide bonds. The molecular weight excluding hydrogens is 356 g/mol. The number of benzene rings is 1. The molecular formula is C21H26N4O3.